The molecule has 0 atom stereocenters. The van der Waals surface area contributed by atoms with E-state index in [4.69, 9.17) is 4.74 Å². The minimum Gasteiger partial charge on any atom is -0.490 e. The predicted molar refractivity (Wildman–Crippen MR) is 92.7 cm³/mol. The van der Waals surface area contributed by atoms with Crippen molar-refractivity contribution in [3.63, 3.8) is 0 Å². The number of hydrogen-bond acceptors (Lipinski definition) is 2. The lowest BCUT2D eigenvalue weighted by Gasteiger charge is -2.11. The fourth-order valence-corrected chi connectivity index (χ4v) is 2.57. The molecule has 0 unspecified atom stereocenters. The Kier molecular flexibility index (Phi) is 7.75. The first-order valence-electron chi connectivity index (χ1n) is 8.69. The van der Waals surface area contributed by atoms with Gasteiger partial charge in [0, 0.05) is 5.56 Å². The van der Waals surface area contributed by atoms with Gasteiger partial charge in [0.05, 0.1) is 6.61 Å². The summed E-state index contributed by atoms with van der Waals surface area (Å²) in [6, 6.07) is 8.13. The number of alkyl halides is 2. The van der Waals surface area contributed by atoms with Gasteiger partial charge in [0.1, 0.15) is 5.75 Å². The molecule has 2 aromatic carbocycles. The molecule has 0 fully saturated rings. The molecule has 0 aliphatic rings. The number of benzene rings is 2. The Bertz CT molecular complexity index is 687. The van der Waals surface area contributed by atoms with Crippen molar-refractivity contribution in [2.45, 2.75) is 45.6 Å². The number of ether oxygens (including phenoxy) is 2. The monoisotopic (exact) mass is 370 g/mol. The Morgan fingerprint density at radius 1 is 0.846 bits per heavy atom. The van der Waals surface area contributed by atoms with E-state index in [-0.39, 0.29) is 17.1 Å². The van der Waals surface area contributed by atoms with Crippen LogP contribution in [0.2, 0.25) is 0 Å². The molecule has 6 heteroatoms. The fourth-order valence-electron chi connectivity index (χ4n) is 2.57. The summed E-state index contributed by atoms with van der Waals surface area (Å²) >= 11 is 0. The van der Waals surface area contributed by atoms with E-state index in [1.807, 2.05) is 0 Å². The highest BCUT2D eigenvalue weighted by atomic mass is 19.3. The van der Waals surface area contributed by atoms with E-state index < -0.39 is 18.2 Å². The molecule has 0 aromatic heterocycles. The summed E-state index contributed by atoms with van der Waals surface area (Å²) in [4.78, 5) is 0. The zero-order valence-electron chi connectivity index (χ0n) is 14.6. The van der Waals surface area contributed by atoms with Gasteiger partial charge in [-0.2, -0.15) is 13.2 Å². The number of unbranched alkanes of at least 4 members (excludes halogenated alkanes) is 4. The maximum Gasteiger partial charge on any atom is 0.387 e. The van der Waals surface area contributed by atoms with E-state index in [0.29, 0.717) is 12.2 Å². The largest absolute Gasteiger partial charge is 0.490 e. The van der Waals surface area contributed by atoms with Crippen molar-refractivity contribution in [3.8, 4) is 22.6 Å². The second-order valence-corrected chi connectivity index (χ2v) is 5.90. The molecule has 26 heavy (non-hydrogen) atoms. The molecule has 0 amide bonds. The molecule has 0 N–H and O–H groups in total. The second kappa shape index (κ2) is 10.0. The van der Waals surface area contributed by atoms with E-state index in [2.05, 4.69) is 11.7 Å². The van der Waals surface area contributed by atoms with Crippen molar-refractivity contribution in [2.75, 3.05) is 6.61 Å². The van der Waals surface area contributed by atoms with Gasteiger partial charge in [-0.1, -0.05) is 44.7 Å². The van der Waals surface area contributed by atoms with Crippen molar-refractivity contribution < 1.29 is 27.0 Å². The standard InChI is InChI=1S/C20H22F4O2/c1-2-3-4-5-6-13-25-17-12-11-16(18(21)19(17)22)14-7-9-15(10-8-14)26-20(23)24/h7-12,20H,2-6,13H2,1H3. The normalized spacial score (nSPS) is 11.0. The van der Waals surface area contributed by atoms with Crippen LogP contribution in [0.15, 0.2) is 36.4 Å². The minimum absolute atomic E-state index is 0.0291. The summed E-state index contributed by atoms with van der Waals surface area (Å²) in [7, 11) is 0. The van der Waals surface area contributed by atoms with E-state index in [1.165, 1.54) is 36.4 Å². The SMILES string of the molecule is CCCCCCCOc1ccc(-c2ccc(OC(F)F)cc2)c(F)c1F. The Morgan fingerprint density at radius 3 is 2.19 bits per heavy atom. The zero-order chi connectivity index (χ0) is 18.9. The number of rotatable bonds is 10. The van der Waals surface area contributed by atoms with Crippen LogP contribution in [-0.2, 0) is 0 Å². The van der Waals surface area contributed by atoms with Crippen molar-refractivity contribution in [1.29, 1.82) is 0 Å². The first kappa shape index (κ1) is 20.1. The maximum absolute atomic E-state index is 14.3. The van der Waals surface area contributed by atoms with Gasteiger partial charge in [-0.05, 0) is 36.2 Å². The summed E-state index contributed by atoms with van der Waals surface area (Å²) in [5.74, 6) is -2.26. The molecule has 0 spiro atoms. The molecule has 2 rings (SSSR count). The molecule has 142 valence electrons. The van der Waals surface area contributed by atoms with Crippen molar-refractivity contribution in [3.05, 3.63) is 48.0 Å². The topological polar surface area (TPSA) is 18.5 Å². The van der Waals surface area contributed by atoms with Crippen LogP contribution >= 0.6 is 0 Å². The van der Waals surface area contributed by atoms with Gasteiger partial charge in [0.15, 0.2) is 11.6 Å². The lowest BCUT2D eigenvalue weighted by Crippen LogP contribution is -2.02. The van der Waals surface area contributed by atoms with Gasteiger partial charge >= 0.3 is 6.61 Å². The lowest BCUT2D eigenvalue weighted by molar-refractivity contribution is -0.0498. The molecule has 0 saturated carbocycles. The molecule has 0 saturated heterocycles. The Labute approximate surface area is 150 Å². The predicted octanol–water partition coefficient (Wildman–Crippen LogP) is 6.58. The third-order valence-corrected chi connectivity index (χ3v) is 3.94. The van der Waals surface area contributed by atoms with Crippen molar-refractivity contribution >= 4 is 0 Å². The highest BCUT2D eigenvalue weighted by Crippen LogP contribution is 2.31. The van der Waals surface area contributed by atoms with Gasteiger partial charge in [-0.25, -0.2) is 4.39 Å². The second-order valence-electron chi connectivity index (χ2n) is 5.90. The van der Waals surface area contributed by atoms with E-state index >= 15 is 0 Å². The van der Waals surface area contributed by atoms with Gasteiger partial charge in [-0.3, -0.25) is 0 Å². The smallest absolute Gasteiger partial charge is 0.387 e. The van der Waals surface area contributed by atoms with Crippen LogP contribution < -0.4 is 9.47 Å². The Morgan fingerprint density at radius 2 is 1.54 bits per heavy atom. The molecule has 0 aliphatic heterocycles. The van der Waals surface area contributed by atoms with Crippen LogP contribution in [0.25, 0.3) is 11.1 Å². The van der Waals surface area contributed by atoms with Crippen LogP contribution in [0, 0.1) is 11.6 Å². The first-order valence-corrected chi connectivity index (χ1v) is 8.69. The quantitative estimate of drug-likeness (QED) is 0.347. The van der Waals surface area contributed by atoms with Crippen LogP contribution in [-0.4, -0.2) is 13.2 Å². The van der Waals surface area contributed by atoms with E-state index in [0.717, 1.165) is 32.1 Å². The third-order valence-electron chi connectivity index (χ3n) is 3.94. The molecule has 0 aliphatic carbocycles. The maximum atomic E-state index is 14.3. The summed E-state index contributed by atoms with van der Waals surface area (Å²) in [5, 5.41) is 0. The fraction of sp³-hybridized carbons (Fsp3) is 0.400. The first-order chi connectivity index (χ1) is 12.5. The van der Waals surface area contributed by atoms with Crippen molar-refractivity contribution in [1.82, 2.24) is 0 Å². The van der Waals surface area contributed by atoms with Crippen molar-refractivity contribution in [2.24, 2.45) is 0 Å². The van der Waals surface area contributed by atoms with Gasteiger partial charge in [0.25, 0.3) is 0 Å². The summed E-state index contributed by atoms with van der Waals surface area (Å²) in [6.07, 6.45) is 5.16. The third kappa shape index (κ3) is 5.64. The molecular weight excluding hydrogens is 348 g/mol. The van der Waals surface area contributed by atoms with Gasteiger partial charge < -0.3 is 9.47 Å². The molecule has 0 heterocycles. The van der Waals surface area contributed by atoms with Gasteiger partial charge in [0.2, 0.25) is 5.82 Å². The van der Waals surface area contributed by atoms with Crippen LogP contribution in [0.3, 0.4) is 0 Å². The van der Waals surface area contributed by atoms with Gasteiger partial charge in [-0.15, -0.1) is 0 Å². The van der Waals surface area contributed by atoms with E-state index in [9.17, 15) is 17.6 Å². The Balaban J connectivity index is 2.02. The highest BCUT2D eigenvalue weighted by molar-refractivity contribution is 5.66. The van der Waals surface area contributed by atoms with E-state index in [1.54, 1.807) is 0 Å². The minimum atomic E-state index is -2.94. The number of hydrogen-bond donors (Lipinski definition) is 0. The van der Waals surface area contributed by atoms with Crippen LogP contribution in [0.1, 0.15) is 39.0 Å². The Hall–Kier alpha value is -2.24. The molecule has 0 bridgehead atoms. The summed E-state index contributed by atoms with van der Waals surface area (Å²) in [6.45, 7) is -0.484. The average molecular weight is 370 g/mol. The summed E-state index contributed by atoms with van der Waals surface area (Å²) < 4.78 is 62.4. The summed E-state index contributed by atoms with van der Waals surface area (Å²) in [5.41, 5.74) is 0.385. The average Bonchev–Trinajstić information content (AvgIpc) is 2.62. The molecule has 2 aromatic rings. The number of halogens is 4. The molecule has 0 radical (unpaired) electrons. The van der Waals surface area contributed by atoms with Crippen LogP contribution in [0.5, 0.6) is 11.5 Å². The lowest BCUT2D eigenvalue weighted by atomic mass is 10.0. The molecule has 2 nitrogen and oxygen atoms in total. The zero-order valence-corrected chi connectivity index (χ0v) is 14.6. The highest BCUT2D eigenvalue weighted by Gasteiger charge is 2.16. The molecular formula is C20H22F4O2. The van der Waals surface area contributed by atoms with Crippen LogP contribution in [0.4, 0.5) is 17.6 Å².